The summed E-state index contributed by atoms with van der Waals surface area (Å²) in [4.78, 5) is 30.5. The molecule has 3 N–H and O–H groups in total. The molecule has 1 aromatic carbocycles. The third-order valence-electron chi connectivity index (χ3n) is 7.09. The number of carbonyl (C=O) groups excluding carboxylic acids is 1. The van der Waals surface area contributed by atoms with Gasteiger partial charge in [-0.1, -0.05) is 6.92 Å². The summed E-state index contributed by atoms with van der Waals surface area (Å²) in [6, 6.07) is 2.77. The number of aromatic nitrogens is 2. The van der Waals surface area contributed by atoms with Crippen molar-refractivity contribution in [3.63, 3.8) is 0 Å². The molecule has 0 fully saturated rings. The standard InChI is InChI=1S/C23H19BrFN3O4.BrH/c1-2-23(31)12-5-16-20-10(7-28(16)21(29)11(12)8-32-22(23)30)17-14(26)4-3-9-18(17)15(27-20)6-13(25)19(9)24;/h5-6,14,31H,2-4,7-8,26H2,1H3;1H/t14?,23-;/m0./s1. The monoisotopic (exact) mass is 579 g/mol. The highest BCUT2D eigenvalue weighted by Gasteiger charge is 2.45. The van der Waals surface area contributed by atoms with Crippen LogP contribution in [0, 0.1) is 5.82 Å². The summed E-state index contributed by atoms with van der Waals surface area (Å²) in [6.45, 7) is 1.75. The SMILES string of the molecule is Br.CC[C@@]1(O)C(=O)OCc2c1cc1n(c2=O)Cc2c-1nc1cc(F)c(Br)c3c1c2C(N)CC3. The lowest BCUT2D eigenvalue weighted by Crippen LogP contribution is -2.44. The normalized spacial score (nSPS) is 22.3. The fourth-order valence-electron chi connectivity index (χ4n) is 5.39. The number of rotatable bonds is 1. The van der Waals surface area contributed by atoms with E-state index in [1.165, 1.54) is 6.07 Å². The highest BCUT2D eigenvalue weighted by Crippen LogP contribution is 2.46. The summed E-state index contributed by atoms with van der Waals surface area (Å²) >= 11 is 3.37. The summed E-state index contributed by atoms with van der Waals surface area (Å²) in [5, 5.41) is 11.9. The average Bonchev–Trinajstić information content (AvgIpc) is 3.14. The molecule has 3 aromatic rings. The summed E-state index contributed by atoms with van der Waals surface area (Å²) in [5.74, 6) is -1.17. The van der Waals surface area contributed by atoms with Crippen LogP contribution in [0.2, 0.25) is 0 Å². The van der Waals surface area contributed by atoms with E-state index in [0.717, 1.165) is 22.1 Å². The molecule has 33 heavy (non-hydrogen) atoms. The molecule has 2 aromatic heterocycles. The van der Waals surface area contributed by atoms with Crippen molar-refractivity contribution in [2.24, 2.45) is 5.73 Å². The van der Waals surface area contributed by atoms with Crippen LogP contribution in [0.5, 0.6) is 0 Å². The molecule has 172 valence electrons. The van der Waals surface area contributed by atoms with Gasteiger partial charge in [-0.25, -0.2) is 14.2 Å². The molecule has 7 nitrogen and oxygen atoms in total. The third-order valence-corrected chi connectivity index (χ3v) is 7.94. The van der Waals surface area contributed by atoms with Crippen molar-refractivity contribution in [2.75, 3.05) is 0 Å². The molecule has 2 atom stereocenters. The van der Waals surface area contributed by atoms with E-state index in [1.807, 2.05) is 0 Å². The molecule has 10 heteroatoms. The molecule has 3 aliphatic rings. The number of nitrogens with zero attached hydrogens (tertiary/aromatic N) is 2. The lowest BCUT2D eigenvalue weighted by molar-refractivity contribution is -0.172. The second-order valence-corrected chi connectivity index (χ2v) is 9.44. The lowest BCUT2D eigenvalue weighted by Gasteiger charge is -2.31. The first-order chi connectivity index (χ1) is 15.3. The number of ether oxygens (including phenoxy) is 1. The van der Waals surface area contributed by atoms with Gasteiger partial charge in [0.1, 0.15) is 12.4 Å². The van der Waals surface area contributed by atoms with Gasteiger partial charge >= 0.3 is 5.97 Å². The number of fused-ring (bicyclic) bond motifs is 5. The minimum absolute atomic E-state index is 0. The molecule has 1 aliphatic carbocycles. The lowest BCUT2D eigenvalue weighted by atomic mass is 9.83. The maximum Gasteiger partial charge on any atom is 0.343 e. The third kappa shape index (κ3) is 2.81. The average molecular weight is 581 g/mol. The van der Waals surface area contributed by atoms with E-state index in [0.29, 0.717) is 34.2 Å². The van der Waals surface area contributed by atoms with Crippen LogP contribution in [0.25, 0.3) is 22.3 Å². The Kier molecular flexibility index (Phi) is 5.10. The Balaban J connectivity index is 0.00000228. The number of aryl methyl sites for hydroxylation is 1. The fraction of sp³-hybridized carbons (Fsp3) is 0.348. The van der Waals surface area contributed by atoms with Gasteiger partial charge in [-0.15, -0.1) is 17.0 Å². The second kappa shape index (κ2) is 7.43. The first-order valence-electron chi connectivity index (χ1n) is 10.5. The summed E-state index contributed by atoms with van der Waals surface area (Å²) < 4.78 is 21.7. The number of nitrogens with two attached hydrogens (primary N) is 1. The van der Waals surface area contributed by atoms with Crippen molar-refractivity contribution in [3.05, 3.63) is 60.6 Å². The zero-order chi connectivity index (χ0) is 22.5. The Morgan fingerprint density at radius 1 is 1.33 bits per heavy atom. The fourth-order valence-corrected chi connectivity index (χ4v) is 5.90. The van der Waals surface area contributed by atoms with Crippen LogP contribution in [0.4, 0.5) is 4.39 Å². The smallest absolute Gasteiger partial charge is 0.343 e. The van der Waals surface area contributed by atoms with E-state index in [2.05, 4.69) is 15.9 Å². The molecule has 0 radical (unpaired) electrons. The van der Waals surface area contributed by atoms with Crippen molar-refractivity contribution in [2.45, 2.75) is 51.0 Å². The Hall–Kier alpha value is -2.14. The van der Waals surface area contributed by atoms with Crippen LogP contribution in [0.15, 0.2) is 21.4 Å². The predicted molar refractivity (Wildman–Crippen MR) is 128 cm³/mol. The van der Waals surface area contributed by atoms with Crippen LogP contribution >= 0.6 is 32.9 Å². The van der Waals surface area contributed by atoms with E-state index in [1.54, 1.807) is 17.6 Å². The molecule has 0 saturated heterocycles. The Bertz CT molecular complexity index is 1450. The zero-order valence-corrected chi connectivity index (χ0v) is 20.9. The van der Waals surface area contributed by atoms with Gasteiger partial charge in [-0.05, 0) is 52.4 Å². The maximum atomic E-state index is 14.6. The van der Waals surface area contributed by atoms with Gasteiger partial charge in [0.2, 0.25) is 0 Å². The van der Waals surface area contributed by atoms with E-state index >= 15 is 0 Å². The molecule has 6 rings (SSSR count). The molecule has 0 spiro atoms. The molecule has 1 unspecified atom stereocenters. The zero-order valence-electron chi connectivity index (χ0n) is 17.6. The van der Waals surface area contributed by atoms with Gasteiger partial charge < -0.3 is 20.1 Å². The number of halogens is 3. The minimum Gasteiger partial charge on any atom is -0.458 e. The van der Waals surface area contributed by atoms with Gasteiger partial charge in [0.15, 0.2) is 5.60 Å². The molecule has 4 heterocycles. The topological polar surface area (TPSA) is 107 Å². The summed E-state index contributed by atoms with van der Waals surface area (Å²) in [6.07, 6.45) is 1.35. The van der Waals surface area contributed by atoms with Crippen molar-refractivity contribution in [1.29, 1.82) is 0 Å². The van der Waals surface area contributed by atoms with Crippen molar-refractivity contribution < 1.29 is 19.0 Å². The number of pyridine rings is 2. The van der Waals surface area contributed by atoms with Crippen molar-refractivity contribution in [1.82, 2.24) is 9.55 Å². The first-order valence-corrected chi connectivity index (χ1v) is 11.3. The predicted octanol–water partition coefficient (Wildman–Crippen LogP) is 3.51. The van der Waals surface area contributed by atoms with E-state index in [4.69, 9.17) is 15.5 Å². The van der Waals surface area contributed by atoms with Crippen LogP contribution < -0.4 is 11.3 Å². The molecular formula is C23H20Br2FN3O4. The number of hydrogen-bond donors (Lipinski definition) is 2. The van der Waals surface area contributed by atoms with Gasteiger partial charge in [0.05, 0.1) is 33.5 Å². The number of esters is 1. The molecular weight excluding hydrogens is 561 g/mol. The van der Waals surface area contributed by atoms with E-state index < -0.39 is 17.4 Å². The number of benzene rings is 1. The summed E-state index contributed by atoms with van der Waals surface area (Å²) in [5.41, 5.74) is 8.87. The summed E-state index contributed by atoms with van der Waals surface area (Å²) in [7, 11) is 0. The van der Waals surface area contributed by atoms with Gasteiger partial charge in [-0.3, -0.25) is 4.79 Å². The highest BCUT2D eigenvalue weighted by molar-refractivity contribution is 9.10. The largest absolute Gasteiger partial charge is 0.458 e. The molecule has 0 amide bonds. The molecule has 0 saturated carbocycles. The molecule has 0 bridgehead atoms. The van der Waals surface area contributed by atoms with Gasteiger partial charge in [-0.2, -0.15) is 0 Å². The van der Waals surface area contributed by atoms with Crippen molar-refractivity contribution in [3.8, 4) is 11.4 Å². The maximum absolute atomic E-state index is 14.6. The number of carbonyl (C=O) groups is 1. The second-order valence-electron chi connectivity index (χ2n) is 8.65. The number of aliphatic hydroxyl groups is 1. The Morgan fingerprint density at radius 2 is 2.09 bits per heavy atom. The van der Waals surface area contributed by atoms with Crippen LogP contribution in [-0.4, -0.2) is 20.6 Å². The van der Waals surface area contributed by atoms with Crippen molar-refractivity contribution >= 4 is 49.8 Å². The Labute approximate surface area is 206 Å². The first kappa shape index (κ1) is 22.6. The quantitative estimate of drug-likeness (QED) is 0.334. The minimum atomic E-state index is -1.89. The van der Waals surface area contributed by atoms with Gasteiger partial charge in [0.25, 0.3) is 5.56 Å². The highest BCUT2D eigenvalue weighted by atomic mass is 79.9. The Morgan fingerprint density at radius 3 is 2.82 bits per heavy atom. The van der Waals surface area contributed by atoms with Crippen LogP contribution in [-0.2, 0) is 34.7 Å². The van der Waals surface area contributed by atoms with E-state index in [9.17, 15) is 19.1 Å². The molecule has 2 aliphatic heterocycles. The van der Waals surface area contributed by atoms with Crippen LogP contribution in [0.1, 0.15) is 53.6 Å². The van der Waals surface area contributed by atoms with E-state index in [-0.39, 0.29) is 59.3 Å². The van der Waals surface area contributed by atoms with Gasteiger partial charge in [0, 0.05) is 28.6 Å². The number of cyclic esters (lactones) is 1. The van der Waals surface area contributed by atoms with Crippen LogP contribution in [0.3, 0.4) is 0 Å². The number of hydrogen-bond acceptors (Lipinski definition) is 6.